The van der Waals surface area contributed by atoms with E-state index >= 15 is 0 Å². The maximum Gasteiger partial charge on any atom is 0.270 e. The third kappa shape index (κ3) is 2.49. The van der Waals surface area contributed by atoms with Gasteiger partial charge in [0.15, 0.2) is 0 Å². The van der Waals surface area contributed by atoms with Crippen molar-refractivity contribution in [3.63, 3.8) is 0 Å². The van der Waals surface area contributed by atoms with Crippen LogP contribution in [0.25, 0.3) is 0 Å². The van der Waals surface area contributed by atoms with E-state index in [-0.39, 0.29) is 17.3 Å². The van der Waals surface area contributed by atoms with Crippen LogP contribution in [0.1, 0.15) is 12.5 Å². The molecule has 0 saturated carbocycles. The van der Waals surface area contributed by atoms with Crippen molar-refractivity contribution in [3.8, 4) is 18.4 Å². The van der Waals surface area contributed by atoms with Crippen LogP contribution in [-0.2, 0) is 0 Å². The second kappa shape index (κ2) is 4.81. The van der Waals surface area contributed by atoms with Crippen LogP contribution in [0.15, 0.2) is 18.2 Å². The van der Waals surface area contributed by atoms with Gasteiger partial charge in [0.1, 0.15) is 6.07 Å². The number of anilines is 1. The predicted octanol–water partition coefficient (Wildman–Crippen LogP) is 1.90. The Morgan fingerprint density at radius 1 is 1.62 bits per heavy atom. The van der Waals surface area contributed by atoms with Crippen LogP contribution in [0, 0.1) is 33.8 Å². The molecule has 5 heteroatoms. The quantitative estimate of drug-likeness (QED) is 0.474. The molecule has 1 aromatic rings. The van der Waals surface area contributed by atoms with E-state index < -0.39 is 4.92 Å². The summed E-state index contributed by atoms with van der Waals surface area (Å²) in [4.78, 5) is 9.96. The highest BCUT2D eigenvalue weighted by Crippen LogP contribution is 2.21. The summed E-state index contributed by atoms with van der Waals surface area (Å²) in [7, 11) is 0. The summed E-state index contributed by atoms with van der Waals surface area (Å²) in [5, 5.41) is 22.2. The van der Waals surface area contributed by atoms with Crippen LogP contribution in [0.3, 0.4) is 0 Å². The Balaban J connectivity index is 3.09. The Morgan fingerprint density at radius 2 is 2.31 bits per heavy atom. The summed E-state index contributed by atoms with van der Waals surface area (Å²) >= 11 is 0. The number of nitriles is 1. The number of terminal acetylenes is 1. The Bertz CT molecular complexity index is 497. The number of nitrogens with zero attached hydrogens (tertiary/aromatic N) is 2. The van der Waals surface area contributed by atoms with Crippen molar-refractivity contribution in [1.82, 2.24) is 0 Å². The molecule has 16 heavy (non-hydrogen) atoms. The van der Waals surface area contributed by atoms with Crippen LogP contribution in [0.2, 0.25) is 0 Å². The molecule has 0 bridgehead atoms. The maximum absolute atomic E-state index is 10.5. The van der Waals surface area contributed by atoms with Crippen LogP contribution in [0.5, 0.6) is 0 Å². The first-order chi connectivity index (χ1) is 7.58. The molecule has 0 fully saturated rings. The van der Waals surface area contributed by atoms with Crippen LogP contribution in [-0.4, -0.2) is 11.0 Å². The number of nitro benzene ring substituents is 1. The topological polar surface area (TPSA) is 79.0 Å². The highest BCUT2D eigenvalue weighted by Gasteiger charge is 2.11. The Morgan fingerprint density at radius 3 is 2.81 bits per heavy atom. The maximum atomic E-state index is 10.5. The summed E-state index contributed by atoms with van der Waals surface area (Å²) < 4.78 is 0. The van der Waals surface area contributed by atoms with Crippen LogP contribution >= 0.6 is 0 Å². The summed E-state index contributed by atoms with van der Waals surface area (Å²) in [5.74, 6) is 2.45. The molecule has 5 nitrogen and oxygen atoms in total. The van der Waals surface area contributed by atoms with Crippen LogP contribution < -0.4 is 5.32 Å². The lowest BCUT2D eigenvalue weighted by Gasteiger charge is -2.10. The van der Waals surface area contributed by atoms with Gasteiger partial charge in [0.25, 0.3) is 5.69 Å². The number of nitrogens with one attached hydrogen (secondary N) is 1. The standard InChI is InChI=1S/C11H9N3O2/c1-3-8(2)13-11-5-4-10(14(15)16)6-9(11)7-12/h1,4-6,8,13H,2H3. The number of rotatable bonds is 3. The molecule has 0 saturated heterocycles. The molecule has 0 aliphatic heterocycles. The summed E-state index contributed by atoms with van der Waals surface area (Å²) in [6.07, 6.45) is 5.19. The highest BCUT2D eigenvalue weighted by molar-refractivity contribution is 5.62. The van der Waals surface area contributed by atoms with E-state index in [0.29, 0.717) is 5.69 Å². The number of non-ortho nitro benzene ring substituents is 1. The third-order valence-corrected chi connectivity index (χ3v) is 1.96. The molecule has 1 atom stereocenters. The van der Waals surface area contributed by atoms with E-state index in [1.807, 2.05) is 6.07 Å². The lowest BCUT2D eigenvalue weighted by Crippen LogP contribution is -2.13. The molecule has 1 rings (SSSR count). The molecular formula is C11H9N3O2. The first kappa shape index (κ1) is 11.5. The van der Waals surface area contributed by atoms with Gasteiger partial charge in [-0.2, -0.15) is 5.26 Å². The van der Waals surface area contributed by atoms with E-state index in [9.17, 15) is 10.1 Å². The van der Waals surface area contributed by atoms with Crippen molar-refractivity contribution in [2.45, 2.75) is 13.0 Å². The minimum Gasteiger partial charge on any atom is -0.371 e. The summed E-state index contributed by atoms with van der Waals surface area (Å²) in [5.41, 5.74) is 0.588. The fourth-order valence-electron chi connectivity index (χ4n) is 1.14. The lowest BCUT2D eigenvalue weighted by atomic mass is 10.1. The molecule has 1 aromatic carbocycles. The molecule has 0 aromatic heterocycles. The van der Waals surface area contributed by atoms with Gasteiger partial charge in [-0.1, -0.05) is 5.92 Å². The molecule has 1 N–H and O–H groups in total. The van der Waals surface area contributed by atoms with Gasteiger partial charge < -0.3 is 5.32 Å². The average molecular weight is 215 g/mol. The first-order valence-corrected chi connectivity index (χ1v) is 4.49. The zero-order chi connectivity index (χ0) is 12.1. The normalized spacial score (nSPS) is 10.9. The molecule has 0 spiro atoms. The molecular weight excluding hydrogens is 206 g/mol. The van der Waals surface area contributed by atoms with Gasteiger partial charge in [-0.3, -0.25) is 10.1 Å². The van der Waals surface area contributed by atoms with Gasteiger partial charge in [0.2, 0.25) is 0 Å². The second-order valence-corrected chi connectivity index (χ2v) is 3.13. The summed E-state index contributed by atoms with van der Waals surface area (Å²) in [6, 6.07) is 5.66. The molecule has 0 radical (unpaired) electrons. The Labute approximate surface area is 92.9 Å². The predicted molar refractivity (Wildman–Crippen MR) is 59.7 cm³/mol. The molecule has 0 aliphatic rings. The molecule has 0 amide bonds. The second-order valence-electron chi connectivity index (χ2n) is 3.13. The first-order valence-electron chi connectivity index (χ1n) is 4.49. The molecule has 0 heterocycles. The minimum absolute atomic E-state index is 0.115. The highest BCUT2D eigenvalue weighted by atomic mass is 16.6. The van der Waals surface area contributed by atoms with Crippen molar-refractivity contribution < 1.29 is 4.92 Å². The number of hydrogen-bond donors (Lipinski definition) is 1. The lowest BCUT2D eigenvalue weighted by molar-refractivity contribution is -0.384. The third-order valence-electron chi connectivity index (χ3n) is 1.96. The number of nitro groups is 1. The SMILES string of the molecule is C#CC(C)Nc1ccc([N+](=O)[O-])cc1C#N. The Hall–Kier alpha value is -2.53. The van der Waals surface area contributed by atoms with Crippen molar-refractivity contribution in [1.29, 1.82) is 5.26 Å². The van der Waals surface area contributed by atoms with E-state index in [2.05, 4.69) is 11.2 Å². The van der Waals surface area contributed by atoms with E-state index in [0.717, 1.165) is 0 Å². The monoisotopic (exact) mass is 215 g/mol. The molecule has 80 valence electrons. The largest absolute Gasteiger partial charge is 0.371 e. The van der Waals surface area contributed by atoms with Gasteiger partial charge in [-0.05, 0) is 13.0 Å². The number of hydrogen-bond acceptors (Lipinski definition) is 4. The van der Waals surface area contributed by atoms with E-state index in [4.69, 9.17) is 11.7 Å². The van der Waals surface area contributed by atoms with Gasteiger partial charge >= 0.3 is 0 Å². The van der Waals surface area contributed by atoms with E-state index in [1.54, 1.807) is 6.92 Å². The zero-order valence-electron chi connectivity index (χ0n) is 8.60. The Kier molecular flexibility index (Phi) is 3.47. The van der Waals surface area contributed by atoms with Crippen molar-refractivity contribution in [2.75, 3.05) is 5.32 Å². The number of benzene rings is 1. The molecule has 1 unspecified atom stereocenters. The van der Waals surface area contributed by atoms with E-state index in [1.165, 1.54) is 18.2 Å². The average Bonchev–Trinajstić information content (AvgIpc) is 2.29. The summed E-state index contributed by atoms with van der Waals surface area (Å²) in [6.45, 7) is 1.75. The minimum atomic E-state index is -0.546. The zero-order valence-corrected chi connectivity index (χ0v) is 8.60. The van der Waals surface area contributed by atoms with Crippen LogP contribution in [0.4, 0.5) is 11.4 Å². The van der Waals surface area contributed by atoms with Gasteiger partial charge in [0.05, 0.1) is 22.2 Å². The van der Waals surface area contributed by atoms with Crippen molar-refractivity contribution in [2.24, 2.45) is 0 Å². The smallest absolute Gasteiger partial charge is 0.270 e. The van der Waals surface area contributed by atoms with Crippen molar-refractivity contribution >= 4 is 11.4 Å². The fourth-order valence-corrected chi connectivity index (χ4v) is 1.14. The van der Waals surface area contributed by atoms with Gasteiger partial charge in [-0.15, -0.1) is 6.42 Å². The van der Waals surface area contributed by atoms with Crippen molar-refractivity contribution in [3.05, 3.63) is 33.9 Å². The molecule has 0 aliphatic carbocycles. The van der Waals surface area contributed by atoms with Gasteiger partial charge in [0, 0.05) is 12.1 Å². The fraction of sp³-hybridized carbons (Fsp3) is 0.182. The van der Waals surface area contributed by atoms with Gasteiger partial charge in [-0.25, -0.2) is 0 Å².